The van der Waals surface area contributed by atoms with Gasteiger partial charge < -0.3 is 9.84 Å². The maximum Gasteiger partial charge on any atom is 0.412 e. The number of nitrogens with zero attached hydrogens (tertiary/aromatic N) is 1. The summed E-state index contributed by atoms with van der Waals surface area (Å²) in [5.41, 5.74) is 1.56. The fraction of sp³-hybridized carbons (Fsp3) is 0.235. The number of nitrogens with one attached hydrogen (secondary N) is 1. The highest BCUT2D eigenvalue weighted by molar-refractivity contribution is 5.87. The first-order valence-electron chi connectivity index (χ1n) is 7.04. The second-order valence-electron chi connectivity index (χ2n) is 5.94. The standard InChI is InChI=1S/C17H18N2O4/c1-17(2,3)23-16(22)19-13-6-4-5-11(9-13)12-7-8-14(15(20)21)18-10-12/h4-10H,1-3H3,(H,19,22)(H,20,21). The van der Waals surface area contributed by atoms with E-state index < -0.39 is 17.7 Å². The first kappa shape index (κ1) is 16.5. The molecule has 0 saturated heterocycles. The minimum atomic E-state index is -1.07. The third-order valence-corrected chi connectivity index (χ3v) is 2.82. The van der Waals surface area contributed by atoms with Gasteiger partial charge in [0.1, 0.15) is 11.3 Å². The maximum absolute atomic E-state index is 11.8. The lowest BCUT2D eigenvalue weighted by Gasteiger charge is -2.19. The molecule has 0 fully saturated rings. The van der Waals surface area contributed by atoms with E-state index in [4.69, 9.17) is 9.84 Å². The fourth-order valence-corrected chi connectivity index (χ4v) is 1.89. The zero-order valence-electron chi connectivity index (χ0n) is 13.2. The minimum Gasteiger partial charge on any atom is -0.477 e. The molecular weight excluding hydrogens is 296 g/mol. The van der Waals surface area contributed by atoms with Crippen molar-refractivity contribution in [3.63, 3.8) is 0 Å². The molecule has 23 heavy (non-hydrogen) atoms. The van der Waals surface area contributed by atoms with Crippen molar-refractivity contribution < 1.29 is 19.4 Å². The van der Waals surface area contributed by atoms with E-state index >= 15 is 0 Å². The quantitative estimate of drug-likeness (QED) is 0.899. The first-order valence-corrected chi connectivity index (χ1v) is 7.04. The van der Waals surface area contributed by atoms with Gasteiger partial charge in [-0.15, -0.1) is 0 Å². The highest BCUT2D eigenvalue weighted by atomic mass is 16.6. The number of carbonyl (C=O) groups is 2. The van der Waals surface area contributed by atoms with Crippen LogP contribution < -0.4 is 5.32 Å². The van der Waals surface area contributed by atoms with Crippen LogP contribution in [0.2, 0.25) is 0 Å². The summed E-state index contributed by atoms with van der Waals surface area (Å²) >= 11 is 0. The van der Waals surface area contributed by atoms with Crippen LogP contribution in [0.1, 0.15) is 31.3 Å². The van der Waals surface area contributed by atoms with E-state index in [0.29, 0.717) is 5.69 Å². The molecule has 1 heterocycles. The zero-order valence-corrected chi connectivity index (χ0v) is 13.2. The van der Waals surface area contributed by atoms with Gasteiger partial charge in [0.25, 0.3) is 0 Å². The number of pyridine rings is 1. The maximum atomic E-state index is 11.8. The van der Waals surface area contributed by atoms with Crippen LogP contribution in [0.3, 0.4) is 0 Å². The molecule has 0 radical (unpaired) electrons. The molecule has 0 aliphatic rings. The number of aromatic nitrogens is 1. The first-order chi connectivity index (χ1) is 10.7. The molecule has 1 amide bonds. The van der Waals surface area contributed by atoms with Crippen LogP contribution >= 0.6 is 0 Å². The lowest BCUT2D eigenvalue weighted by Crippen LogP contribution is -2.27. The highest BCUT2D eigenvalue weighted by Crippen LogP contribution is 2.22. The Hall–Kier alpha value is -2.89. The van der Waals surface area contributed by atoms with Gasteiger partial charge in [0.05, 0.1) is 0 Å². The Morgan fingerprint density at radius 1 is 1.13 bits per heavy atom. The van der Waals surface area contributed by atoms with Crippen molar-refractivity contribution >= 4 is 17.7 Å². The lowest BCUT2D eigenvalue weighted by atomic mass is 10.1. The summed E-state index contributed by atoms with van der Waals surface area (Å²) in [6, 6.07) is 10.2. The van der Waals surface area contributed by atoms with Gasteiger partial charge >= 0.3 is 12.1 Å². The number of carbonyl (C=O) groups excluding carboxylic acids is 1. The van der Waals surface area contributed by atoms with Crippen LogP contribution in [0.5, 0.6) is 0 Å². The molecule has 120 valence electrons. The van der Waals surface area contributed by atoms with Gasteiger partial charge in [-0.2, -0.15) is 0 Å². The molecule has 0 bridgehead atoms. The molecule has 2 rings (SSSR count). The van der Waals surface area contributed by atoms with Crippen molar-refractivity contribution in [3.05, 3.63) is 48.3 Å². The van der Waals surface area contributed by atoms with Crippen LogP contribution in [-0.4, -0.2) is 27.8 Å². The number of aromatic carboxylic acids is 1. The molecule has 1 aromatic heterocycles. The van der Waals surface area contributed by atoms with Crippen molar-refractivity contribution in [2.75, 3.05) is 5.32 Å². The number of rotatable bonds is 3. The average molecular weight is 314 g/mol. The normalized spacial score (nSPS) is 10.9. The van der Waals surface area contributed by atoms with Crippen molar-refractivity contribution in [1.29, 1.82) is 0 Å². The number of hydrogen-bond donors (Lipinski definition) is 2. The molecular formula is C17H18N2O4. The van der Waals surface area contributed by atoms with E-state index in [9.17, 15) is 9.59 Å². The van der Waals surface area contributed by atoms with E-state index in [1.165, 1.54) is 12.3 Å². The third-order valence-electron chi connectivity index (χ3n) is 2.82. The Morgan fingerprint density at radius 3 is 2.43 bits per heavy atom. The summed E-state index contributed by atoms with van der Waals surface area (Å²) in [7, 11) is 0. The topological polar surface area (TPSA) is 88.5 Å². The largest absolute Gasteiger partial charge is 0.477 e. The van der Waals surface area contributed by atoms with Gasteiger partial charge in [-0.25, -0.2) is 14.6 Å². The number of anilines is 1. The molecule has 0 aliphatic carbocycles. The summed E-state index contributed by atoms with van der Waals surface area (Å²) in [4.78, 5) is 26.5. The van der Waals surface area contributed by atoms with Crippen LogP contribution in [0.25, 0.3) is 11.1 Å². The Bertz CT molecular complexity index is 718. The smallest absolute Gasteiger partial charge is 0.412 e. The van der Waals surface area contributed by atoms with E-state index in [0.717, 1.165) is 11.1 Å². The van der Waals surface area contributed by atoms with Gasteiger partial charge in [-0.1, -0.05) is 18.2 Å². The molecule has 0 aliphatic heterocycles. The minimum absolute atomic E-state index is 0.0169. The molecule has 2 aromatic rings. The average Bonchev–Trinajstić information content (AvgIpc) is 2.45. The van der Waals surface area contributed by atoms with Gasteiger partial charge in [0, 0.05) is 17.4 Å². The van der Waals surface area contributed by atoms with Crippen molar-refractivity contribution in [2.24, 2.45) is 0 Å². The van der Waals surface area contributed by atoms with Crippen LogP contribution in [0, 0.1) is 0 Å². The number of carboxylic acid groups (broad SMARTS) is 1. The molecule has 2 N–H and O–H groups in total. The van der Waals surface area contributed by atoms with Gasteiger partial charge in [-0.3, -0.25) is 5.32 Å². The van der Waals surface area contributed by atoms with Crippen LogP contribution in [-0.2, 0) is 4.74 Å². The second-order valence-corrected chi connectivity index (χ2v) is 5.94. The van der Waals surface area contributed by atoms with Crippen LogP contribution in [0.4, 0.5) is 10.5 Å². The summed E-state index contributed by atoms with van der Waals surface area (Å²) in [5.74, 6) is -1.07. The Balaban J connectivity index is 2.16. The SMILES string of the molecule is CC(C)(C)OC(=O)Nc1cccc(-c2ccc(C(=O)O)nc2)c1. The van der Waals surface area contributed by atoms with Crippen LogP contribution in [0.15, 0.2) is 42.6 Å². The molecule has 0 spiro atoms. The lowest BCUT2D eigenvalue weighted by molar-refractivity contribution is 0.0634. The molecule has 6 heteroatoms. The predicted octanol–water partition coefficient (Wildman–Crippen LogP) is 3.79. The van der Waals surface area contributed by atoms with E-state index in [2.05, 4.69) is 10.3 Å². The molecule has 1 aromatic carbocycles. The zero-order chi connectivity index (χ0) is 17.0. The van der Waals surface area contributed by atoms with Crippen molar-refractivity contribution in [3.8, 4) is 11.1 Å². The molecule has 0 unspecified atom stereocenters. The highest BCUT2D eigenvalue weighted by Gasteiger charge is 2.16. The fourth-order valence-electron chi connectivity index (χ4n) is 1.89. The van der Waals surface area contributed by atoms with Gasteiger partial charge in [-0.05, 0) is 44.5 Å². The van der Waals surface area contributed by atoms with Crippen molar-refractivity contribution in [1.82, 2.24) is 4.98 Å². The number of benzene rings is 1. The van der Waals surface area contributed by atoms with Gasteiger partial charge in [0.2, 0.25) is 0 Å². The number of hydrogen-bond acceptors (Lipinski definition) is 4. The summed E-state index contributed by atoms with van der Waals surface area (Å²) in [6.07, 6.45) is 0.949. The van der Waals surface area contributed by atoms with E-state index in [1.807, 2.05) is 6.07 Å². The Morgan fingerprint density at radius 2 is 1.87 bits per heavy atom. The monoisotopic (exact) mass is 314 g/mol. The van der Waals surface area contributed by atoms with E-state index in [-0.39, 0.29) is 5.69 Å². The summed E-state index contributed by atoms with van der Waals surface area (Å²) < 4.78 is 5.20. The summed E-state index contributed by atoms with van der Waals surface area (Å²) in [6.45, 7) is 5.37. The summed E-state index contributed by atoms with van der Waals surface area (Å²) in [5, 5.41) is 11.5. The number of carboxylic acids is 1. The Kier molecular flexibility index (Phi) is 4.64. The number of amides is 1. The number of ether oxygens (including phenoxy) is 1. The predicted molar refractivity (Wildman–Crippen MR) is 86.5 cm³/mol. The van der Waals surface area contributed by atoms with Crippen molar-refractivity contribution in [2.45, 2.75) is 26.4 Å². The molecule has 0 atom stereocenters. The molecule has 6 nitrogen and oxygen atoms in total. The molecule has 0 saturated carbocycles. The van der Waals surface area contributed by atoms with E-state index in [1.54, 1.807) is 45.0 Å². The Labute approximate surface area is 134 Å². The second kappa shape index (κ2) is 6.48. The van der Waals surface area contributed by atoms with Gasteiger partial charge in [0.15, 0.2) is 0 Å². The third kappa shape index (κ3) is 4.81.